The van der Waals surface area contributed by atoms with Crippen LogP contribution in [0, 0.1) is 17.2 Å². The summed E-state index contributed by atoms with van der Waals surface area (Å²) in [6.45, 7) is 3.55. The lowest BCUT2D eigenvalue weighted by Crippen LogP contribution is -2.50. The summed E-state index contributed by atoms with van der Waals surface area (Å²) in [5.41, 5.74) is 2.47. The van der Waals surface area contributed by atoms with E-state index in [0.29, 0.717) is 16.7 Å². The Morgan fingerprint density at radius 2 is 1.84 bits per heavy atom. The first-order valence-electron chi connectivity index (χ1n) is 12.4. The number of nitriles is 1. The summed E-state index contributed by atoms with van der Waals surface area (Å²) in [7, 11) is -2.30. The third-order valence-corrected chi connectivity index (χ3v) is 8.83. The van der Waals surface area contributed by atoms with Crippen molar-refractivity contribution < 1.29 is 23.1 Å². The van der Waals surface area contributed by atoms with Gasteiger partial charge in [0.1, 0.15) is 16.7 Å². The van der Waals surface area contributed by atoms with Gasteiger partial charge in [0.2, 0.25) is 10.0 Å². The Morgan fingerprint density at radius 1 is 1.13 bits per heavy atom. The number of rotatable bonds is 6. The fourth-order valence-corrected chi connectivity index (χ4v) is 6.37. The number of likely N-dealkylation sites (N-methyl/N-ethyl adjacent to an activating group) is 1. The molecule has 4 rings (SSSR count). The number of hydrogen-bond acceptors (Lipinski definition) is 6. The van der Waals surface area contributed by atoms with Crippen LogP contribution in [0.2, 0.25) is 0 Å². The maximum atomic E-state index is 13.7. The topological polar surface area (TPSA) is 111 Å². The van der Waals surface area contributed by atoms with E-state index in [2.05, 4.69) is 6.07 Å². The van der Waals surface area contributed by atoms with Crippen molar-refractivity contribution in [2.45, 2.75) is 30.9 Å². The molecule has 0 radical (unpaired) electrons. The van der Waals surface area contributed by atoms with E-state index in [1.54, 1.807) is 73.5 Å². The van der Waals surface area contributed by atoms with Crippen molar-refractivity contribution in [2.24, 2.45) is 5.92 Å². The zero-order chi connectivity index (χ0) is 27.4. The second-order valence-corrected chi connectivity index (χ2v) is 11.5. The monoisotopic (exact) mass is 533 g/mol. The van der Waals surface area contributed by atoms with Crippen molar-refractivity contribution in [3.8, 4) is 22.9 Å². The number of benzene rings is 3. The lowest BCUT2D eigenvalue weighted by molar-refractivity contribution is 0.0564. The standard InChI is InChI=1S/C29H31N3O5S/c1-20-17-32(21(2)19-33)38(35,36)28-13-12-25(24-11-7-8-22(14-24)16-30)15-26(28)37-27(20)18-31(3)29(34)23-9-5-4-6-10-23/h4-15,20-21,27,33H,17-19H2,1-3H3/t20-,21-,27+/m0/s1. The Bertz CT molecular complexity index is 1450. The summed E-state index contributed by atoms with van der Waals surface area (Å²) in [5, 5.41) is 19.2. The van der Waals surface area contributed by atoms with Crippen LogP contribution >= 0.6 is 0 Å². The molecule has 1 aliphatic rings. The number of amides is 1. The minimum atomic E-state index is -3.99. The highest BCUT2D eigenvalue weighted by Crippen LogP contribution is 2.36. The summed E-state index contributed by atoms with van der Waals surface area (Å²) in [6, 6.07) is 22.3. The number of aliphatic hydroxyl groups excluding tert-OH is 1. The van der Waals surface area contributed by atoms with Crippen molar-refractivity contribution >= 4 is 15.9 Å². The zero-order valence-corrected chi connectivity index (χ0v) is 22.4. The van der Waals surface area contributed by atoms with Gasteiger partial charge in [-0.25, -0.2) is 8.42 Å². The number of sulfonamides is 1. The predicted molar refractivity (Wildman–Crippen MR) is 144 cm³/mol. The van der Waals surface area contributed by atoms with Crippen LogP contribution in [-0.2, 0) is 10.0 Å². The van der Waals surface area contributed by atoms with Crippen LogP contribution in [0.3, 0.4) is 0 Å². The molecule has 1 heterocycles. The third-order valence-electron chi connectivity index (χ3n) is 6.81. The normalized spacial score (nSPS) is 19.7. The maximum absolute atomic E-state index is 13.7. The molecule has 1 aliphatic heterocycles. The lowest BCUT2D eigenvalue weighted by Gasteiger charge is -2.37. The first-order chi connectivity index (χ1) is 18.1. The van der Waals surface area contributed by atoms with Gasteiger partial charge in [-0.05, 0) is 54.4 Å². The van der Waals surface area contributed by atoms with Gasteiger partial charge in [-0.3, -0.25) is 4.79 Å². The fourth-order valence-electron chi connectivity index (χ4n) is 4.55. The smallest absolute Gasteiger partial charge is 0.253 e. The molecule has 0 unspecified atom stereocenters. The molecular weight excluding hydrogens is 502 g/mol. The van der Waals surface area contributed by atoms with E-state index in [-0.39, 0.29) is 42.2 Å². The third kappa shape index (κ3) is 5.58. The second-order valence-electron chi connectivity index (χ2n) is 9.65. The molecule has 0 saturated heterocycles. The Labute approximate surface area is 223 Å². The number of hydrogen-bond donors (Lipinski definition) is 1. The molecule has 0 aliphatic carbocycles. The van der Waals surface area contributed by atoms with Crippen LogP contribution in [0.5, 0.6) is 5.75 Å². The van der Waals surface area contributed by atoms with E-state index in [0.717, 1.165) is 5.56 Å². The summed E-state index contributed by atoms with van der Waals surface area (Å²) in [4.78, 5) is 14.6. The van der Waals surface area contributed by atoms with Crippen molar-refractivity contribution in [2.75, 3.05) is 26.7 Å². The average Bonchev–Trinajstić information content (AvgIpc) is 2.94. The number of aliphatic hydroxyl groups is 1. The molecule has 3 aromatic rings. The molecule has 198 valence electrons. The van der Waals surface area contributed by atoms with Gasteiger partial charge in [0.25, 0.3) is 5.91 Å². The van der Waals surface area contributed by atoms with Crippen molar-refractivity contribution in [3.05, 3.63) is 83.9 Å². The van der Waals surface area contributed by atoms with E-state index in [1.807, 2.05) is 19.1 Å². The molecule has 0 saturated carbocycles. The van der Waals surface area contributed by atoms with E-state index < -0.39 is 22.2 Å². The minimum absolute atomic E-state index is 0.00748. The fraction of sp³-hybridized carbons (Fsp3) is 0.310. The molecule has 0 spiro atoms. The van der Waals surface area contributed by atoms with E-state index in [4.69, 9.17) is 4.74 Å². The summed E-state index contributed by atoms with van der Waals surface area (Å²) < 4.78 is 35.1. The average molecular weight is 534 g/mol. The summed E-state index contributed by atoms with van der Waals surface area (Å²) in [6.07, 6.45) is -0.531. The van der Waals surface area contributed by atoms with Crippen LogP contribution in [0.1, 0.15) is 29.8 Å². The van der Waals surface area contributed by atoms with Crippen LogP contribution < -0.4 is 4.74 Å². The van der Waals surface area contributed by atoms with Gasteiger partial charge in [0.15, 0.2) is 0 Å². The predicted octanol–water partition coefficient (Wildman–Crippen LogP) is 3.77. The number of fused-ring (bicyclic) bond motifs is 1. The second kappa shape index (κ2) is 11.4. The molecule has 3 aromatic carbocycles. The van der Waals surface area contributed by atoms with Crippen LogP contribution in [-0.4, -0.2) is 67.5 Å². The van der Waals surface area contributed by atoms with E-state index in [1.165, 1.54) is 10.4 Å². The molecule has 0 bridgehead atoms. The van der Waals surface area contributed by atoms with Gasteiger partial charge in [0, 0.05) is 31.1 Å². The summed E-state index contributed by atoms with van der Waals surface area (Å²) in [5.74, 6) is -0.306. The van der Waals surface area contributed by atoms with Crippen molar-refractivity contribution in [3.63, 3.8) is 0 Å². The van der Waals surface area contributed by atoms with Gasteiger partial charge in [-0.1, -0.05) is 43.3 Å². The molecular formula is C29H31N3O5S. The maximum Gasteiger partial charge on any atom is 0.253 e. The quantitative estimate of drug-likeness (QED) is 0.517. The number of ether oxygens (including phenoxy) is 1. The van der Waals surface area contributed by atoms with Crippen molar-refractivity contribution in [1.82, 2.24) is 9.21 Å². The minimum Gasteiger partial charge on any atom is -0.487 e. The Morgan fingerprint density at radius 3 is 2.53 bits per heavy atom. The first-order valence-corrected chi connectivity index (χ1v) is 13.8. The SMILES string of the molecule is C[C@H]1CN([C@@H](C)CO)S(=O)(=O)c2ccc(-c3cccc(C#N)c3)cc2O[C@@H]1CN(C)C(=O)c1ccccc1. The number of nitrogens with zero attached hydrogens (tertiary/aromatic N) is 3. The van der Waals surface area contributed by atoms with Crippen molar-refractivity contribution in [1.29, 1.82) is 5.26 Å². The molecule has 8 nitrogen and oxygen atoms in total. The summed E-state index contributed by atoms with van der Waals surface area (Å²) >= 11 is 0. The molecule has 3 atom stereocenters. The highest BCUT2D eigenvalue weighted by atomic mass is 32.2. The van der Waals surface area contributed by atoms with E-state index in [9.17, 15) is 23.6 Å². The van der Waals surface area contributed by atoms with Gasteiger partial charge in [-0.2, -0.15) is 9.57 Å². The first kappa shape index (κ1) is 27.3. The van der Waals surface area contributed by atoms with Gasteiger partial charge < -0.3 is 14.7 Å². The van der Waals surface area contributed by atoms with Crippen LogP contribution in [0.15, 0.2) is 77.7 Å². The molecule has 38 heavy (non-hydrogen) atoms. The largest absolute Gasteiger partial charge is 0.487 e. The van der Waals surface area contributed by atoms with Crippen LogP contribution in [0.25, 0.3) is 11.1 Å². The molecule has 1 amide bonds. The van der Waals surface area contributed by atoms with Gasteiger partial charge in [0.05, 0.1) is 24.8 Å². The Hall–Kier alpha value is -3.71. The highest BCUT2D eigenvalue weighted by Gasteiger charge is 2.38. The highest BCUT2D eigenvalue weighted by molar-refractivity contribution is 7.89. The van der Waals surface area contributed by atoms with Gasteiger partial charge in [-0.15, -0.1) is 0 Å². The Kier molecular flexibility index (Phi) is 8.17. The van der Waals surface area contributed by atoms with Crippen LogP contribution in [0.4, 0.5) is 0 Å². The van der Waals surface area contributed by atoms with E-state index >= 15 is 0 Å². The molecule has 0 aromatic heterocycles. The molecule has 1 N–H and O–H groups in total. The van der Waals surface area contributed by atoms with Gasteiger partial charge >= 0.3 is 0 Å². The molecule has 0 fully saturated rings. The lowest BCUT2D eigenvalue weighted by atomic mass is 10.0. The molecule has 9 heteroatoms. The zero-order valence-electron chi connectivity index (χ0n) is 21.6. The number of carbonyl (C=O) groups is 1. The Balaban J connectivity index is 1.76. The number of carbonyl (C=O) groups excluding carboxylic acids is 1.